The lowest BCUT2D eigenvalue weighted by molar-refractivity contribution is -0.119. The average molecular weight is 467 g/mol. The number of halogens is 1. The summed E-state index contributed by atoms with van der Waals surface area (Å²) in [4.78, 5) is 12.8. The zero-order valence-corrected chi connectivity index (χ0v) is 19.2. The molecule has 1 N–H and O–H groups in total. The summed E-state index contributed by atoms with van der Waals surface area (Å²) < 4.78 is 21.2. The van der Waals surface area contributed by atoms with E-state index in [2.05, 4.69) is 33.7 Å². The molecule has 2 aliphatic rings. The molecule has 172 valence electrons. The predicted molar refractivity (Wildman–Crippen MR) is 125 cm³/mol. The van der Waals surface area contributed by atoms with Crippen LogP contribution in [0.4, 0.5) is 4.39 Å². The van der Waals surface area contributed by atoms with Gasteiger partial charge in [0.1, 0.15) is 5.82 Å². The van der Waals surface area contributed by atoms with Crippen LogP contribution in [0, 0.1) is 5.82 Å². The van der Waals surface area contributed by atoms with Crippen molar-refractivity contribution in [1.82, 2.24) is 20.1 Å². The van der Waals surface area contributed by atoms with E-state index in [1.807, 2.05) is 10.6 Å². The van der Waals surface area contributed by atoms with Gasteiger partial charge in [-0.15, -0.1) is 10.2 Å². The number of hydrogen-bond acceptors (Lipinski definition) is 5. The standard InChI is InChI=1S/C25H27FN4O2S/c26-19-12-10-18(11-13-19)24-28-29-25(30(24)15-20-7-4-14-32-20)33-16-23(31)27-22-9-3-6-17-5-1-2-8-21(17)22/h1-2,5,8,10-13,20,22H,3-4,6-7,9,14-16H2,(H,27,31). The van der Waals surface area contributed by atoms with Gasteiger partial charge in [-0.1, -0.05) is 36.0 Å². The average Bonchev–Trinajstić information content (AvgIpc) is 3.49. The molecule has 2 unspecified atom stereocenters. The minimum Gasteiger partial charge on any atom is -0.376 e. The second kappa shape index (κ2) is 10.1. The molecule has 2 aromatic carbocycles. The van der Waals surface area contributed by atoms with Gasteiger partial charge in [-0.25, -0.2) is 4.39 Å². The number of aromatic nitrogens is 3. The highest BCUT2D eigenvalue weighted by Crippen LogP contribution is 2.30. The van der Waals surface area contributed by atoms with Crippen LogP contribution in [0.3, 0.4) is 0 Å². The molecule has 5 rings (SSSR count). The minimum absolute atomic E-state index is 0.0169. The molecule has 1 amide bonds. The van der Waals surface area contributed by atoms with Crippen LogP contribution in [-0.2, 0) is 22.5 Å². The fraction of sp³-hybridized carbons (Fsp3) is 0.400. The highest BCUT2D eigenvalue weighted by molar-refractivity contribution is 7.99. The molecule has 2 atom stereocenters. The highest BCUT2D eigenvalue weighted by Gasteiger charge is 2.24. The molecule has 0 saturated carbocycles. The number of carbonyl (C=O) groups is 1. The lowest BCUT2D eigenvalue weighted by Crippen LogP contribution is -2.32. The Kier molecular flexibility index (Phi) is 6.73. The Morgan fingerprint density at radius 2 is 1.97 bits per heavy atom. The number of nitrogens with zero attached hydrogens (tertiary/aromatic N) is 3. The van der Waals surface area contributed by atoms with E-state index in [1.54, 1.807) is 12.1 Å². The first-order valence-electron chi connectivity index (χ1n) is 11.5. The first kappa shape index (κ1) is 22.1. The molecule has 33 heavy (non-hydrogen) atoms. The van der Waals surface area contributed by atoms with E-state index in [0.717, 1.165) is 44.3 Å². The Morgan fingerprint density at radius 3 is 2.79 bits per heavy atom. The second-order valence-electron chi connectivity index (χ2n) is 8.56. The van der Waals surface area contributed by atoms with Gasteiger partial charge in [0.25, 0.3) is 0 Å². The summed E-state index contributed by atoms with van der Waals surface area (Å²) in [5, 5.41) is 12.6. The monoisotopic (exact) mass is 466 g/mol. The van der Waals surface area contributed by atoms with Crippen LogP contribution in [0.1, 0.15) is 42.9 Å². The maximum atomic E-state index is 13.4. The fourth-order valence-electron chi connectivity index (χ4n) is 4.63. The molecule has 1 aliphatic carbocycles. The third-order valence-corrected chi connectivity index (χ3v) is 7.23. The summed E-state index contributed by atoms with van der Waals surface area (Å²) >= 11 is 1.37. The molecule has 0 spiro atoms. The Balaban J connectivity index is 1.30. The number of fused-ring (bicyclic) bond motifs is 1. The Morgan fingerprint density at radius 1 is 1.12 bits per heavy atom. The molecule has 1 saturated heterocycles. The fourth-order valence-corrected chi connectivity index (χ4v) is 5.39. The van der Waals surface area contributed by atoms with Crippen LogP contribution in [0.25, 0.3) is 11.4 Å². The van der Waals surface area contributed by atoms with Gasteiger partial charge in [-0.05, 0) is 67.5 Å². The Labute approximate surface area is 196 Å². The van der Waals surface area contributed by atoms with E-state index >= 15 is 0 Å². The molecule has 0 radical (unpaired) electrons. The third kappa shape index (κ3) is 5.12. The molecular formula is C25H27FN4O2S. The molecular weight excluding hydrogens is 439 g/mol. The van der Waals surface area contributed by atoms with Gasteiger partial charge < -0.3 is 10.1 Å². The van der Waals surface area contributed by atoms with Crippen LogP contribution < -0.4 is 5.32 Å². The van der Waals surface area contributed by atoms with E-state index in [9.17, 15) is 9.18 Å². The molecule has 1 fully saturated rings. The number of rotatable bonds is 7. The van der Waals surface area contributed by atoms with Crippen molar-refractivity contribution < 1.29 is 13.9 Å². The predicted octanol–water partition coefficient (Wildman–Crippen LogP) is 4.55. The van der Waals surface area contributed by atoms with Gasteiger partial charge >= 0.3 is 0 Å². The maximum Gasteiger partial charge on any atom is 0.230 e. The van der Waals surface area contributed by atoms with Crippen LogP contribution in [-0.4, -0.2) is 39.1 Å². The van der Waals surface area contributed by atoms with E-state index in [-0.39, 0.29) is 29.6 Å². The molecule has 6 nitrogen and oxygen atoms in total. The Hall–Kier alpha value is -2.71. The quantitative estimate of drug-likeness (QED) is 0.518. The molecule has 3 aromatic rings. The first-order chi connectivity index (χ1) is 16.2. The molecule has 1 aromatic heterocycles. The summed E-state index contributed by atoms with van der Waals surface area (Å²) in [5.74, 6) is 0.608. The van der Waals surface area contributed by atoms with Crippen molar-refractivity contribution in [2.75, 3.05) is 12.4 Å². The summed E-state index contributed by atoms with van der Waals surface area (Å²) in [7, 11) is 0. The van der Waals surface area contributed by atoms with Crippen LogP contribution >= 0.6 is 11.8 Å². The number of amides is 1. The largest absolute Gasteiger partial charge is 0.376 e. The number of aryl methyl sites for hydroxylation is 1. The number of ether oxygens (including phenoxy) is 1. The normalized spacial score (nSPS) is 19.9. The number of nitrogens with one attached hydrogen (secondary N) is 1. The van der Waals surface area contributed by atoms with Crippen molar-refractivity contribution in [2.45, 2.75) is 56.0 Å². The number of benzene rings is 2. The lowest BCUT2D eigenvalue weighted by Gasteiger charge is -2.26. The van der Waals surface area contributed by atoms with Crippen molar-refractivity contribution in [3.63, 3.8) is 0 Å². The first-order valence-corrected chi connectivity index (χ1v) is 12.5. The van der Waals surface area contributed by atoms with E-state index < -0.39 is 0 Å². The maximum absolute atomic E-state index is 13.4. The number of thioether (sulfide) groups is 1. The van der Waals surface area contributed by atoms with Crippen molar-refractivity contribution >= 4 is 17.7 Å². The molecule has 8 heteroatoms. The minimum atomic E-state index is -0.292. The molecule has 1 aliphatic heterocycles. The Bertz CT molecular complexity index is 1110. The SMILES string of the molecule is O=C(CSc1nnc(-c2ccc(F)cc2)n1CC1CCCO1)NC1CCCc2ccccc21. The highest BCUT2D eigenvalue weighted by atomic mass is 32.2. The summed E-state index contributed by atoms with van der Waals surface area (Å²) in [6.07, 6.45) is 5.20. The smallest absolute Gasteiger partial charge is 0.230 e. The lowest BCUT2D eigenvalue weighted by atomic mass is 9.88. The van der Waals surface area contributed by atoms with Crippen LogP contribution in [0.2, 0.25) is 0 Å². The van der Waals surface area contributed by atoms with Crippen LogP contribution in [0.5, 0.6) is 0 Å². The van der Waals surface area contributed by atoms with Gasteiger partial charge in [-0.2, -0.15) is 0 Å². The molecule has 2 heterocycles. The van der Waals surface area contributed by atoms with Gasteiger partial charge in [0.2, 0.25) is 5.91 Å². The van der Waals surface area contributed by atoms with Crippen molar-refractivity contribution in [2.24, 2.45) is 0 Å². The second-order valence-corrected chi connectivity index (χ2v) is 9.50. The number of carbonyl (C=O) groups excluding carboxylic acids is 1. The number of hydrogen-bond donors (Lipinski definition) is 1. The van der Waals surface area contributed by atoms with E-state index in [0.29, 0.717) is 17.5 Å². The summed E-state index contributed by atoms with van der Waals surface area (Å²) in [6.45, 7) is 1.37. The summed E-state index contributed by atoms with van der Waals surface area (Å²) in [6, 6.07) is 14.6. The van der Waals surface area contributed by atoms with Crippen LogP contribution in [0.15, 0.2) is 53.7 Å². The third-order valence-electron chi connectivity index (χ3n) is 6.27. The molecule has 0 bridgehead atoms. The van der Waals surface area contributed by atoms with Gasteiger partial charge in [0.15, 0.2) is 11.0 Å². The zero-order chi connectivity index (χ0) is 22.6. The van der Waals surface area contributed by atoms with Crippen molar-refractivity contribution in [3.05, 3.63) is 65.5 Å². The van der Waals surface area contributed by atoms with Gasteiger partial charge in [-0.3, -0.25) is 9.36 Å². The van der Waals surface area contributed by atoms with Gasteiger partial charge in [0.05, 0.1) is 24.4 Å². The topological polar surface area (TPSA) is 69.0 Å². The zero-order valence-electron chi connectivity index (χ0n) is 18.4. The van der Waals surface area contributed by atoms with E-state index in [4.69, 9.17) is 4.74 Å². The van der Waals surface area contributed by atoms with Crippen molar-refractivity contribution in [1.29, 1.82) is 0 Å². The van der Waals surface area contributed by atoms with Crippen molar-refractivity contribution in [3.8, 4) is 11.4 Å². The van der Waals surface area contributed by atoms with E-state index in [1.165, 1.54) is 35.0 Å². The van der Waals surface area contributed by atoms with Gasteiger partial charge in [0, 0.05) is 12.2 Å². The summed E-state index contributed by atoms with van der Waals surface area (Å²) in [5.41, 5.74) is 3.33.